The van der Waals surface area contributed by atoms with Crippen LogP contribution in [0.3, 0.4) is 0 Å². The quantitative estimate of drug-likeness (QED) is 0.0468. The van der Waals surface area contributed by atoms with Crippen molar-refractivity contribution in [3.05, 3.63) is 60.7 Å². The van der Waals surface area contributed by atoms with Crippen LogP contribution < -0.4 is 10.4 Å². The Labute approximate surface area is 298 Å². The van der Waals surface area contributed by atoms with Crippen LogP contribution in [0.25, 0.3) is 0 Å². The molecule has 9 heteroatoms. The number of unbranched alkanes of at least 4 members (excludes halogenated alkanes) is 8. The third-order valence-electron chi connectivity index (χ3n) is 8.43. The maximum absolute atomic E-state index is 11.8. The number of benzene rings is 2. The Kier molecular flexibility index (Phi) is 24.2. The minimum absolute atomic E-state index is 0.0543. The highest BCUT2D eigenvalue weighted by Crippen LogP contribution is 2.36. The molecule has 0 bridgehead atoms. The summed E-state index contributed by atoms with van der Waals surface area (Å²) in [6.07, 6.45) is 11.6. The molecule has 0 heterocycles. The van der Waals surface area contributed by atoms with E-state index < -0.39 is 8.32 Å². The Balaban J connectivity index is 1.39. The number of carbonyl (C=O) groups excluding carboxylic acids is 1. The van der Waals surface area contributed by atoms with E-state index in [9.17, 15) is 4.79 Å². The van der Waals surface area contributed by atoms with Crippen LogP contribution in [-0.4, -0.2) is 93.6 Å². The first kappa shape index (κ1) is 43.1. The van der Waals surface area contributed by atoms with Gasteiger partial charge in [0, 0.05) is 6.42 Å². The van der Waals surface area contributed by atoms with Crippen LogP contribution in [0.1, 0.15) is 91.9 Å². The topological polar surface area (TPSA) is 81.7 Å². The first-order valence-electron chi connectivity index (χ1n) is 18.7. The van der Waals surface area contributed by atoms with Gasteiger partial charge in [-0.15, -0.1) is 0 Å². The molecule has 0 unspecified atom stereocenters. The van der Waals surface area contributed by atoms with Gasteiger partial charge in [0.25, 0.3) is 8.32 Å². The van der Waals surface area contributed by atoms with Crippen molar-refractivity contribution >= 4 is 24.7 Å². The fourth-order valence-corrected chi connectivity index (χ4v) is 10.4. The fraction of sp³-hybridized carbons (Fsp3) is 0.675. The Morgan fingerprint density at radius 2 is 0.878 bits per heavy atom. The highest BCUT2D eigenvalue weighted by molar-refractivity contribution is 6.99. The molecule has 0 spiro atoms. The van der Waals surface area contributed by atoms with E-state index in [0.717, 1.165) is 12.8 Å². The van der Waals surface area contributed by atoms with Gasteiger partial charge in [-0.3, -0.25) is 4.79 Å². The zero-order valence-electron chi connectivity index (χ0n) is 31.1. The Morgan fingerprint density at radius 1 is 0.510 bits per heavy atom. The van der Waals surface area contributed by atoms with Crippen molar-refractivity contribution in [2.45, 2.75) is 96.9 Å². The second kappa shape index (κ2) is 27.6. The molecule has 8 nitrogen and oxygen atoms in total. The van der Waals surface area contributed by atoms with Crippen LogP contribution in [0.2, 0.25) is 5.04 Å². The van der Waals surface area contributed by atoms with Crippen LogP contribution in [-0.2, 0) is 37.6 Å². The molecule has 0 amide bonds. The number of carbonyl (C=O) groups is 1. The summed E-state index contributed by atoms with van der Waals surface area (Å²) in [5, 5.41) is 2.48. The van der Waals surface area contributed by atoms with Crippen molar-refractivity contribution in [3.8, 4) is 0 Å². The largest absolute Gasteiger partial charge is 0.463 e. The van der Waals surface area contributed by atoms with Crippen molar-refractivity contribution in [3.63, 3.8) is 0 Å². The van der Waals surface area contributed by atoms with Crippen molar-refractivity contribution in [2.24, 2.45) is 0 Å². The lowest BCUT2D eigenvalue weighted by molar-refractivity contribution is -0.145. The van der Waals surface area contributed by atoms with Gasteiger partial charge in [0.05, 0.1) is 72.7 Å². The van der Waals surface area contributed by atoms with Gasteiger partial charge in [-0.2, -0.15) is 0 Å². The normalized spacial score (nSPS) is 12.0. The SMILES string of the molecule is CCCCCCCCCCCC(=O)OCCOCCOCCOCCOCCOCCO[Si](c1ccccc1)(c1ccccc1)C(C)(C)C. The van der Waals surface area contributed by atoms with Crippen molar-refractivity contribution in [1.29, 1.82) is 0 Å². The summed E-state index contributed by atoms with van der Waals surface area (Å²) in [4.78, 5) is 11.8. The van der Waals surface area contributed by atoms with Gasteiger partial charge >= 0.3 is 5.97 Å². The monoisotopic (exact) mass is 702 g/mol. The summed E-state index contributed by atoms with van der Waals surface area (Å²) in [5.74, 6) is -0.131. The molecule has 2 aromatic carbocycles. The third kappa shape index (κ3) is 18.6. The van der Waals surface area contributed by atoms with Gasteiger partial charge in [-0.1, -0.05) is 140 Å². The van der Waals surface area contributed by atoms with Crippen molar-refractivity contribution < 1.29 is 37.6 Å². The smallest absolute Gasteiger partial charge is 0.305 e. The van der Waals surface area contributed by atoms with Gasteiger partial charge < -0.3 is 32.8 Å². The molecule has 0 aliphatic rings. The van der Waals surface area contributed by atoms with E-state index in [1.807, 2.05) is 0 Å². The number of esters is 1. The second-order valence-corrected chi connectivity index (χ2v) is 17.7. The van der Waals surface area contributed by atoms with Gasteiger partial charge in [0.15, 0.2) is 0 Å². The first-order chi connectivity index (χ1) is 23.9. The molecule has 2 rings (SSSR count). The lowest BCUT2D eigenvalue weighted by Crippen LogP contribution is -2.66. The van der Waals surface area contributed by atoms with E-state index in [1.165, 1.54) is 55.3 Å². The summed E-state index contributed by atoms with van der Waals surface area (Å²) in [6.45, 7) is 14.7. The van der Waals surface area contributed by atoms with E-state index in [1.54, 1.807) is 0 Å². The minimum Gasteiger partial charge on any atom is -0.463 e. The number of ether oxygens (including phenoxy) is 6. The standard InChI is InChI=1S/C40H66O8Si/c1-5-6-7-8-9-10-11-12-19-24-39(41)47-35-33-45-31-29-43-27-25-42-26-28-44-30-32-46-34-36-48-49(40(2,3)4,37-20-15-13-16-21-37)38-22-17-14-18-23-38/h13-18,20-23H,5-12,19,24-36H2,1-4H3. The molecule has 278 valence electrons. The van der Waals surface area contributed by atoms with Gasteiger partial charge in [-0.25, -0.2) is 0 Å². The molecule has 0 saturated carbocycles. The molecule has 0 radical (unpaired) electrons. The predicted molar refractivity (Wildman–Crippen MR) is 200 cm³/mol. The highest BCUT2D eigenvalue weighted by Gasteiger charge is 2.50. The maximum Gasteiger partial charge on any atom is 0.305 e. The molecule has 2 aromatic rings. The Bertz CT molecular complexity index is 1010. The minimum atomic E-state index is -2.54. The molecule has 0 aromatic heterocycles. The van der Waals surface area contributed by atoms with Crippen LogP contribution in [0.5, 0.6) is 0 Å². The Morgan fingerprint density at radius 3 is 1.29 bits per heavy atom. The second-order valence-electron chi connectivity index (χ2n) is 13.4. The predicted octanol–water partition coefficient (Wildman–Crippen LogP) is 7.11. The van der Waals surface area contributed by atoms with Gasteiger partial charge in [0.1, 0.15) is 6.61 Å². The van der Waals surface area contributed by atoms with Gasteiger partial charge in [-0.05, 0) is 21.8 Å². The summed E-state index contributed by atoms with van der Waals surface area (Å²) >= 11 is 0. The van der Waals surface area contributed by atoms with Gasteiger partial charge in [0.2, 0.25) is 0 Å². The summed E-state index contributed by atoms with van der Waals surface area (Å²) < 4.78 is 40.2. The molecule has 0 saturated heterocycles. The molecular formula is C40H66O8Si. The van der Waals surface area contributed by atoms with Crippen LogP contribution in [0.15, 0.2) is 60.7 Å². The maximum atomic E-state index is 11.8. The zero-order chi connectivity index (χ0) is 35.3. The van der Waals surface area contributed by atoms with Crippen molar-refractivity contribution in [2.75, 3.05) is 79.3 Å². The van der Waals surface area contributed by atoms with Crippen LogP contribution >= 0.6 is 0 Å². The summed E-state index contributed by atoms with van der Waals surface area (Å²) in [5.41, 5.74) is 0. The van der Waals surface area contributed by atoms with Crippen LogP contribution in [0.4, 0.5) is 0 Å². The summed E-state index contributed by atoms with van der Waals surface area (Å²) in [6, 6.07) is 21.3. The van der Waals surface area contributed by atoms with Crippen molar-refractivity contribution in [1.82, 2.24) is 0 Å². The van der Waals surface area contributed by atoms with Crippen LogP contribution in [0, 0.1) is 0 Å². The molecule has 0 atom stereocenters. The average molecular weight is 703 g/mol. The molecule has 0 aliphatic carbocycles. The average Bonchev–Trinajstić information content (AvgIpc) is 3.10. The highest BCUT2D eigenvalue weighted by atomic mass is 28.4. The number of hydrogen-bond acceptors (Lipinski definition) is 8. The van der Waals surface area contributed by atoms with E-state index in [-0.39, 0.29) is 11.0 Å². The van der Waals surface area contributed by atoms with E-state index in [2.05, 4.69) is 88.4 Å². The molecule has 0 aliphatic heterocycles. The number of rotatable bonds is 31. The third-order valence-corrected chi connectivity index (χ3v) is 13.5. The van der Waals surface area contributed by atoms with E-state index in [0.29, 0.717) is 85.7 Å². The zero-order valence-corrected chi connectivity index (χ0v) is 32.1. The fourth-order valence-electron chi connectivity index (χ4n) is 5.86. The Hall–Kier alpha value is -2.11. The molecule has 49 heavy (non-hydrogen) atoms. The molecule has 0 N–H and O–H groups in total. The number of hydrogen-bond donors (Lipinski definition) is 0. The van der Waals surface area contributed by atoms with E-state index >= 15 is 0 Å². The lowest BCUT2D eigenvalue weighted by Gasteiger charge is -2.43. The lowest BCUT2D eigenvalue weighted by atomic mass is 10.1. The summed E-state index contributed by atoms with van der Waals surface area (Å²) in [7, 11) is -2.54. The van der Waals surface area contributed by atoms with E-state index in [4.69, 9.17) is 32.8 Å². The molecular weight excluding hydrogens is 637 g/mol. The molecule has 0 fully saturated rings. The first-order valence-corrected chi connectivity index (χ1v) is 20.6.